The maximum absolute atomic E-state index is 12.6. The zero-order valence-corrected chi connectivity index (χ0v) is 15.0. The maximum Gasteiger partial charge on any atom is 0.284 e. The van der Waals surface area contributed by atoms with E-state index in [0.29, 0.717) is 16.5 Å². The summed E-state index contributed by atoms with van der Waals surface area (Å²) >= 11 is 7.12. The third-order valence-electron chi connectivity index (χ3n) is 3.33. The number of nitrogens with zero attached hydrogens (tertiary/aromatic N) is 4. The van der Waals surface area contributed by atoms with Gasteiger partial charge in [0.1, 0.15) is 0 Å². The second-order valence-corrected chi connectivity index (χ2v) is 6.44. The molecule has 3 aromatic rings. The molecule has 26 heavy (non-hydrogen) atoms. The topological polar surface area (TPSA) is 96.2 Å². The average molecular weight is 389 g/mol. The predicted molar refractivity (Wildman–Crippen MR) is 96.8 cm³/mol. The molecule has 9 heteroatoms. The molecule has 1 amide bonds. The van der Waals surface area contributed by atoms with Crippen molar-refractivity contribution in [2.24, 2.45) is 0 Å². The number of nitriles is 1. The van der Waals surface area contributed by atoms with Crippen LogP contribution in [-0.2, 0) is 4.79 Å². The summed E-state index contributed by atoms with van der Waals surface area (Å²) in [6.07, 6.45) is 1.72. The Bertz CT molecular complexity index is 920. The van der Waals surface area contributed by atoms with Crippen LogP contribution in [0.4, 0.5) is 5.69 Å². The van der Waals surface area contributed by atoms with E-state index in [2.05, 4.69) is 10.2 Å². The number of carbonyl (C=O) groups is 1. The number of furan rings is 1. The Kier molecular flexibility index (Phi) is 5.94. The average Bonchev–Trinajstić information content (AvgIpc) is 3.32. The Hall–Kier alpha value is -2.76. The van der Waals surface area contributed by atoms with E-state index >= 15 is 0 Å². The van der Waals surface area contributed by atoms with Crippen molar-refractivity contribution in [2.75, 3.05) is 17.2 Å². The van der Waals surface area contributed by atoms with Gasteiger partial charge in [0.15, 0.2) is 5.76 Å². The smallest absolute Gasteiger partial charge is 0.284 e. The Morgan fingerprint density at radius 2 is 2.19 bits per heavy atom. The van der Waals surface area contributed by atoms with Crippen molar-refractivity contribution in [3.8, 4) is 17.7 Å². The van der Waals surface area contributed by atoms with E-state index in [0.717, 1.165) is 11.8 Å². The van der Waals surface area contributed by atoms with E-state index in [1.54, 1.807) is 36.4 Å². The van der Waals surface area contributed by atoms with Gasteiger partial charge in [-0.05, 0) is 30.3 Å². The zero-order valence-electron chi connectivity index (χ0n) is 13.5. The van der Waals surface area contributed by atoms with E-state index in [9.17, 15) is 4.79 Å². The highest BCUT2D eigenvalue weighted by molar-refractivity contribution is 7.99. The lowest BCUT2D eigenvalue weighted by molar-refractivity contribution is -0.116. The molecule has 0 radical (unpaired) electrons. The van der Waals surface area contributed by atoms with Crippen molar-refractivity contribution in [3.05, 3.63) is 47.7 Å². The van der Waals surface area contributed by atoms with Gasteiger partial charge in [-0.2, -0.15) is 5.26 Å². The Morgan fingerprint density at radius 3 is 2.92 bits per heavy atom. The fourth-order valence-corrected chi connectivity index (χ4v) is 3.00. The van der Waals surface area contributed by atoms with Crippen LogP contribution < -0.4 is 4.90 Å². The number of rotatable bonds is 7. The van der Waals surface area contributed by atoms with Crippen LogP contribution in [0, 0.1) is 11.3 Å². The van der Waals surface area contributed by atoms with Crippen molar-refractivity contribution in [1.29, 1.82) is 5.26 Å². The summed E-state index contributed by atoms with van der Waals surface area (Å²) in [7, 11) is 0. The maximum atomic E-state index is 12.6. The number of thioether (sulfide) groups is 1. The fraction of sp³-hybridized carbons (Fsp3) is 0.176. The largest absolute Gasteiger partial charge is 0.459 e. The molecule has 0 unspecified atom stereocenters. The van der Waals surface area contributed by atoms with Gasteiger partial charge in [-0.3, -0.25) is 4.79 Å². The van der Waals surface area contributed by atoms with Gasteiger partial charge in [-0.25, -0.2) is 0 Å². The van der Waals surface area contributed by atoms with Gasteiger partial charge in [0, 0.05) is 17.3 Å². The van der Waals surface area contributed by atoms with Crippen molar-refractivity contribution >= 4 is 35.0 Å². The number of anilines is 1. The summed E-state index contributed by atoms with van der Waals surface area (Å²) in [5, 5.41) is 17.4. The Labute approximate surface area is 158 Å². The molecule has 0 atom stereocenters. The monoisotopic (exact) mass is 388 g/mol. The molecular formula is C17H13ClN4O3S. The van der Waals surface area contributed by atoms with Gasteiger partial charge in [-0.15, -0.1) is 10.2 Å². The highest BCUT2D eigenvalue weighted by atomic mass is 35.5. The molecule has 0 saturated carbocycles. The van der Waals surface area contributed by atoms with Gasteiger partial charge < -0.3 is 13.7 Å². The second kappa shape index (κ2) is 8.56. The predicted octanol–water partition coefficient (Wildman–Crippen LogP) is 4.02. The molecule has 0 aliphatic rings. The van der Waals surface area contributed by atoms with Crippen LogP contribution in [0.2, 0.25) is 5.02 Å². The molecule has 2 aromatic heterocycles. The zero-order chi connectivity index (χ0) is 18.4. The van der Waals surface area contributed by atoms with Crippen LogP contribution in [0.15, 0.2) is 56.7 Å². The first-order valence-electron chi connectivity index (χ1n) is 7.60. The normalized spacial score (nSPS) is 10.5. The summed E-state index contributed by atoms with van der Waals surface area (Å²) in [6, 6.07) is 12.4. The summed E-state index contributed by atoms with van der Waals surface area (Å²) in [6.45, 7) is 0.276. The molecule has 7 nitrogen and oxygen atoms in total. The number of benzene rings is 1. The standard InChI is InChI=1S/C17H13ClN4O3S/c18-12-4-1-5-13(10-12)22(8-3-7-19)15(23)11-26-17-21-20-16(25-17)14-6-2-9-24-14/h1-2,4-6,9-10H,3,8,11H2. The van der Waals surface area contributed by atoms with E-state index in [1.165, 1.54) is 11.2 Å². The molecule has 3 rings (SSSR count). The summed E-state index contributed by atoms with van der Waals surface area (Å²) in [4.78, 5) is 14.1. The molecule has 0 aliphatic heterocycles. The number of aromatic nitrogens is 2. The molecule has 132 valence electrons. The minimum Gasteiger partial charge on any atom is -0.459 e. The fourth-order valence-electron chi connectivity index (χ4n) is 2.17. The molecule has 0 N–H and O–H groups in total. The minimum absolute atomic E-state index is 0.0811. The number of hydrogen-bond acceptors (Lipinski definition) is 7. The highest BCUT2D eigenvalue weighted by Gasteiger charge is 2.18. The van der Waals surface area contributed by atoms with Crippen molar-refractivity contribution in [1.82, 2.24) is 10.2 Å². The molecule has 1 aromatic carbocycles. The molecule has 0 aliphatic carbocycles. The first kappa shape index (κ1) is 18.0. The quantitative estimate of drug-likeness (QED) is 0.564. The van der Waals surface area contributed by atoms with Gasteiger partial charge in [-0.1, -0.05) is 29.4 Å². The number of amides is 1. The van der Waals surface area contributed by atoms with Crippen molar-refractivity contribution in [3.63, 3.8) is 0 Å². The lowest BCUT2D eigenvalue weighted by Gasteiger charge is -2.21. The molecule has 0 fully saturated rings. The van der Waals surface area contributed by atoms with Gasteiger partial charge in [0.25, 0.3) is 11.1 Å². The van der Waals surface area contributed by atoms with Crippen molar-refractivity contribution in [2.45, 2.75) is 11.6 Å². The molecule has 0 saturated heterocycles. The summed E-state index contributed by atoms with van der Waals surface area (Å²) < 4.78 is 10.7. The van der Waals surface area contributed by atoms with Crippen LogP contribution in [0.5, 0.6) is 0 Å². The SMILES string of the molecule is N#CCCN(C(=O)CSc1nnc(-c2ccco2)o1)c1cccc(Cl)c1. The van der Waals surface area contributed by atoms with Crippen LogP contribution in [0.3, 0.4) is 0 Å². The third-order valence-corrected chi connectivity index (χ3v) is 4.36. The molecule has 2 heterocycles. The van der Waals surface area contributed by atoms with Gasteiger partial charge in [0.2, 0.25) is 5.91 Å². The summed E-state index contributed by atoms with van der Waals surface area (Å²) in [5.74, 6) is 0.606. The van der Waals surface area contributed by atoms with E-state index in [-0.39, 0.29) is 35.7 Å². The molecular weight excluding hydrogens is 376 g/mol. The number of carbonyl (C=O) groups excluding carboxylic acids is 1. The van der Waals surface area contributed by atoms with E-state index < -0.39 is 0 Å². The Balaban J connectivity index is 1.67. The van der Waals surface area contributed by atoms with Crippen LogP contribution in [0.25, 0.3) is 11.7 Å². The second-order valence-electron chi connectivity index (χ2n) is 5.07. The highest BCUT2D eigenvalue weighted by Crippen LogP contribution is 2.25. The first-order valence-corrected chi connectivity index (χ1v) is 8.97. The van der Waals surface area contributed by atoms with Crippen LogP contribution in [-0.4, -0.2) is 28.4 Å². The van der Waals surface area contributed by atoms with Gasteiger partial charge >= 0.3 is 0 Å². The number of halogens is 1. The first-order chi connectivity index (χ1) is 12.7. The third kappa shape index (κ3) is 4.45. The molecule has 0 bridgehead atoms. The lowest BCUT2D eigenvalue weighted by Crippen LogP contribution is -2.33. The van der Waals surface area contributed by atoms with E-state index in [4.69, 9.17) is 25.7 Å². The van der Waals surface area contributed by atoms with Crippen LogP contribution >= 0.6 is 23.4 Å². The molecule has 0 spiro atoms. The van der Waals surface area contributed by atoms with E-state index in [1.807, 2.05) is 6.07 Å². The van der Waals surface area contributed by atoms with Crippen molar-refractivity contribution < 1.29 is 13.6 Å². The summed E-state index contributed by atoms with van der Waals surface area (Å²) in [5.41, 5.74) is 0.639. The van der Waals surface area contributed by atoms with Gasteiger partial charge in [0.05, 0.1) is 24.5 Å². The Morgan fingerprint density at radius 1 is 1.31 bits per heavy atom. The van der Waals surface area contributed by atoms with Crippen LogP contribution in [0.1, 0.15) is 6.42 Å². The number of hydrogen-bond donors (Lipinski definition) is 0. The lowest BCUT2D eigenvalue weighted by atomic mass is 10.2. The minimum atomic E-state index is -0.190.